The Kier molecular flexibility index (Phi) is 5.20. The van der Waals surface area contributed by atoms with Gasteiger partial charge in [0.2, 0.25) is 0 Å². The first-order valence-electron chi connectivity index (χ1n) is 7.14. The highest BCUT2D eigenvalue weighted by atomic mass is 31.1. The zero-order valence-corrected chi connectivity index (χ0v) is 14.3. The predicted octanol–water partition coefficient (Wildman–Crippen LogP) is 4.91. The number of benzene rings is 2. The highest BCUT2D eigenvalue weighted by molar-refractivity contribution is 7.26. The average Bonchev–Trinajstić information content (AvgIpc) is 2.56. The monoisotopic (exact) mass is 316 g/mol. The molecule has 0 saturated carbocycles. The van der Waals surface area contributed by atoms with E-state index in [0.717, 1.165) is 22.6 Å². The molecule has 3 nitrogen and oxygen atoms in total. The van der Waals surface area contributed by atoms with Crippen molar-refractivity contribution in [1.82, 2.24) is 0 Å². The molecule has 0 radical (unpaired) electrons. The number of hydrogen-bond donors (Lipinski definition) is 0. The largest absolute Gasteiger partial charge is 0.497 e. The summed E-state index contributed by atoms with van der Waals surface area (Å²) >= 11 is 0. The smallest absolute Gasteiger partial charge is 0.162 e. The second-order valence-corrected chi connectivity index (χ2v) is 7.06. The minimum absolute atomic E-state index is 0.0171. The molecule has 0 heterocycles. The summed E-state index contributed by atoms with van der Waals surface area (Å²) in [6.07, 6.45) is 0. The predicted molar refractivity (Wildman–Crippen MR) is 89.5 cm³/mol. The van der Waals surface area contributed by atoms with Gasteiger partial charge in [-0.15, -0.1) is 0 Å². The van der Waals surface area contributed by atoms with Crippen molar-refractivity contribution >= 4 is 8.46 Å². The summed E-state index contributed by atoms with van der Waals surface area (Å²) < 4.78 is 22.1. The summed E-state index contributed by atoms with van der Waals surface area (Å²) in [4.78, 5) is 0. The van der Waals surface area contributed by atoms with Crippen LogP contribution in [0.4, 0.5) is 0 Å². The molecule has 2 aromatic carbocycles. The van der Waals surface area contributed by atoms with Crippen LogP contribution in [0, 0.1) is 0 Å². The van der Waals surface area contributed by atoms with Gasteiger partial charge in [-0.2, -0.15) is 0 Å². The first-order valence-corrected chi connectivity index (χ1v) is 7.95. The topological polar surface area (TPSA) is 35.5 Å². The van der Waals surface area contributed by atoms with Gasteiger partial charge in [-0.25, -0.2) is 0 Å². The van der Waals surface area contributed by atoms with Crippen LogP contribution in [0.2, 0.25) is 0 Å². The van der Waals surface area contributed by atoms with Gasteiger partial charge in [0.1, 0.15) is 11.5 Å². The lowest BCUT2D eigenvalue weighted by atomic mass is 9.82. The molecule has 0 aromatic heterocycles. The fourth-order valence-corrected chi connectivity index (χ4v) is 3.06. The van der Waals surface area contributed by atoms with E-state index in [0.29, 0.717) is 0 Å². The van der Waals surface area contributed by atoms with E-state index < -0.39 is 5.16 Å². The summed E-state index contributed by atoms with van der Waals surface area (Å²) in [7, 11) is 3.41. The molecule has 2 rings (SSSR count). The molecule has 2 aromatic rings. The van der Waals surface area contributed by atoms with Crippen LogP contribution in [0.3, 0.4) is 0 Å². The van der Waals surface area contributed by atoms with Crippen molar-refractivity contribution in [2.75, 3.05) is 14.2 Å². The quantitative estimate of drug-likeness (QED) is 0.711. The SMILES string of the molecule is COc1ccc(C(c2ccc(OC)cc2)C(C)(C)P=O)cc1. The Morgan fingerprint density at radius 2 is 1.18 bits per heavy atom. The van der Waals surface area contributed by atoms with Crippen molar-refractivity contribution in [3.63, 3.8) is 0 Å². The molecular weight excluding hydrogens is 295 g/mol. The van der Waals surface area contributed by atoms with Crippen LogP contribution in [0.15, 0.2) is 48.5 Å². The molecule has 0 fully saturated rings. The Labute approximate surface area is 133 Å². The van der Waals surface area contributed by atoms with Crippen LogP contribution in [0.25, 0.3) is 0 Å². The molecule has 0 amide bonds. The first kappa shape index (κ1) is 16.5. The molecule has 0 saturated heterocycles. The van der Waals surface area contributed by atoms with Gasteiger partial charge in [-0.3, -0.25) is 4.57 Å². The molecule has 0 spiro atoms. The second kappa shape index (κ2) is 6.93. The van der Waals surface area contributed by atoms with Crippen molar-refractivity contribution in [2.45, 2.75) is 24.9 Å². The highest BCUT2D eigenvalue weighted by Gasteiger charge is 2.33. The maximum absolute atomic E-state index is 11.7. The summed E-state index contributed by atoms with van der Waals surface area (Å²) in [6.45, 7) is 4.00. The Morgan fingerprint density at radius 1 is 0.818 bits per heavy atom. The summed E-state index contributed by atoms with van der Waals surface area (Å²) in [5, 5.41) is -0.414. The molecule has 0 atom stereocenters. The third-order valence-corrected chi connectivity index (χ3v) is 4.57. The molecule has 0 N–H and O–H groups in total. The lowest BCUT2D eigenvalue weighted by Crippen LogP contribution is -2.24. The molecule has 0 aliphatic rings. The first-order chi connectivity index (χ1) is 10.5. The number of methoxy groups -OCH3 is 2. The van der Waals surface area contributed by atoms with Gasteiger partial charge in [0.05, 0.1) is 19.4 Å². The van der Waals surface area contributed by atoms with Crippen molar-refractivity contribution in [1.29, 1.82) is 0 Å². The number of ether oxygens (including phenoxy) is 2. The zero-order valence-electron chi connectivity index (χ0n) is 13.4. The third-order valence-electron chi connectivity index (χ3n) is 3.84. The average molecular weight is 316 g/mol. The Hall–Kier alpha value is -1.86. The fraction of sp³-hybridized carbons (Fsp3) is 0.333. The highest BCUT2D eigenvalue weighted by Crippen LogP contribution is 2.43. The van der Waals surface area contributed by atoms with Crippen LogP contribution in [0.1, 0.15) is 30.9 Å². The van der Waals surface area contributed by atoms with Crippen LogP contribution < -0.4 is 9.47 Å². The Morgan fingerprint density at radius 3 is 1.45 bits per heavy atom. The van der Waals surface area contributed by atoms with Crippen molar-refractivity contribution < 1.29 is 14.0 Å². The zero-order chi connectivity index (χ0) is 16.2. The van der Waals surface area contributed by atoms with E-state index in [1.54, 1.807) is 14.2 Å². The molecule has 22 heavy (non-hydrogen) atoms. The van der Waals surface area contributed by atoms with Gasteiger partial charge >= 0.3 is 0 Å². The molecule has 0 bridgehead atoms. The van der Waals surface area contributed by atoms with Gasteiger partial charge in [-0.05, 0) is 49.2 Å². The van der Waals surface area contributed by atoms with Gasteiger partial charge in [0, 0.05) is 5.92 Å². The minimum atomic E-state index is -0.414. The molecule has 0 aliphatic heterocycles. The maximum atomic E-state index is 11.7. The van der Waals surface area contributed by atoms with Crippen LogP contribution in [-0.2, 0) is 4.57 Å². The van der Waals surface area contributed by atoms with E-state index in [1.165, 1.54) is 0 Å². The van der Waals surface area contributed by atoms with E-state index in [9.17, 15) is 4.57 Å². The lowest BCUT2D eigenvalue weighted by Gasteiger charge is -2.29. The van der Waals surface area contributed by atoms with E-state index in [-0.39, 0.29) is 14.4 Å². The van der Waals surface area contributed by atoms with Gasteiger partial charge in [0.25, 0.3) is 0 Å². The van der Waals surface area contributed by atoms with E-state index in [2.05, 4.69) is 0 Å². The van der Waals surface area contributed by atoms with Crippen LogP contribution >= 0.6 is 8.46 Å². The van der Waals surface area contributed by atoms with Gasteiger partial charge in [0.15, 0.2) is 8.46 Å². The summed E-state index contributed by atoms with van der Waals surface area (Å²) in [5.41, 5.74) is 2.22. The van der Waals surface area contributed by atoms with Gasteiger partial charge in [-0.1, -0.05) is 24.3 Å². The van der Waals surface area contributed by atoms with Crippen molar-refractivity contribution in [3.05, 3.63) is 59.7 Å². The molecule has 0 unspecified atom stereocenters. The second-order valence-electron chi connectivity index (χ2n) is 5.72. The Balaban J connectivity index is 2.47. The minimum Gasteiger partial charge on any atom is -0.497 e. The van der Waals surface area contributed by atoms with Crippen LogP contribution in [-0.4, -0.2) is 19.4 Å². The van der Waals surface area contributed by atoms with E-state index >= 15 is 0 Å². The standard InChI is InChI=1S/C18H21O3P/c1-18(2,22-19)17(13-5-9-15(20-3)10-6-13)14-7-11-16(21-4)12-8-14/h5-12,17H,1-4H3. The Bertz CT molecular complexity index is 570. The number of hydrogen-bond acceptors (Lipinski definition) is 3. The molecule has 116 valence electrons. The molecule has 4 heteroatoms. The number of rotatable bonds is 6. The van der Waals surface area contributed by atoms with E-state index in [4.69, 9.17) is 9.47 Å². The van der Waals surface area contributed by atoms with Crippen molar-refractivity contribution in [3.8, 4) is 11.5 Å². The third kappa shape index (κ3) is 3.48. The fourth-order valence-electron chi connectivity index (χ4n) is 2.65. The maximum Gasteiger partial charge on any atom is 0.162 e. The summed E-state index contributed by atoms with van der Waals surface area (Å²) in [5.74, 6) is 1.65. The van der Waals surface area contributed by atoms with Gasteiger partial charge < -0.3 is 9.47 Å². The molecule has 0 aliphatic carbocycles. The van der Waals surface area contributed by atoms with E-state index in [1.807, 2.05) is 62.4 Å². The summed E-state index contributed by atoms with van der Waals surface area (Å²) in [6, 6.07) is 15.9. The lowest BCUT2D eigenvalue weighted by molar-refractivity contribution is 0.414. The van der Waals surface area contributed by atoms with Crippen molar-refractivity contribution in [2.24, 2.45) is 0 Å². The molecular formula is C18H21O3P. The van der Waals surface area contributed by atoms with Crippen LogP contribution in [0.5, 0.6) is 11.5 Å². The normalized spacial score (nSPS) is 11.7.